The van der Waals surface area contributed by atoms with E-state index in [4.69, 9.17) is 33.3 Å². The molecule has 1 unspecified atom stereocenters. The molecule has 0 saturated carbocycles. The van der Waals surface area contributed by atoms with Gasteiger partial charge in [0.25, 0.3) is 0 Å². The van der Waals surface area contributed by atoms with Crippen molar-refractivity contribution in [3.63, 3.8) is 0 Å². The summed E-state index contributed by atoms with van der Waals surface area (Å²) in [5.41, 5.74) is 3.43. The molecule has 3 rings (SSSR count). The molecule has 158 valence electrons. The molecule has 2 aromatic rings. The third-order valence-corrected chi connectivity index (χ3v) is 5.71. The molecule has 0 aliphatic carbocycles. The van der Waals surface area contributed by atoms with Gasteiger partial charge in [-0.2, -0.15) is 0 Å². The zero-order chi connectivity index (χ0) is 21.8. The van der Waals surface area contributed by atoms with Gasteiger partial charge in [-0.3, -0.25) is 4.79 Å². The molecular formula is C23H25ClN2O3S. The lowest BCUT2D eigenvalue weighted by Gasteiger charge is -2.37. The fraction of sp³-hybridized carbons (Fsp3) is 0.304. The van der Waals surface area contributed by atoms with E-state index >= 15 is 0 Å². The van der Waals surface area contributed by atoms with Crippen LogP contribution in [0.2, 0.25) is 5.02 Å². The van der Waals surface area contributed by atoms with Crippen molar-refractivity contribution < 1.29 is 14.3 Å². The number of hydrogen-bond acceptors (Lipinski definition) is 4. The SMILES string of the molecule is CCN1C(=S)NC(c2ccc(OC)c(OCc3ccc(Cl)cc3)c2)C(C(C)=O)=C1C. The maximum Gasteiger partial charge on any atom is 0.173 e. The lowest BCUT2D eigenvalue weighted by Crippen LogP contribution is -2.47. The van der Waals surface area contributed by atoms with Crippen molar-refractivity contribution in [2.24, 2.45) is 0 Å². The second-order valence-electron chi connectivity index (χ2n) is 7.01. The van der Waals surface area contributed by atoms with E-state index in [0.717, 1.165) is 16.8 Å². The fourth-order valence-electron chi connectivity index (χ4n) is 3.60. The van der Waals surface area contributed by atoms with Crippen LogP contribution < -0.4 is 14.8 Å². The zero-order valence-electron chi connectivity index (χ0n) is 17.5. The highest BCUT2D eigenvalue weighted by atomic mass is 35.5. The van der Waals surface area contributed by atoms with E-state index in [1.165, 1.54) is 0 Å². The van der Waals surface area contributed by atoms with Crippen LogP contribution in [-0.4, -0.2) is 29.5 Å². The van der Waals surface area contributed by atoms with Crippen molar-refractivity contribution in [1.82, 2.24) is 10.2 Å². The van der Waals surface area contributed by atoms with E-state index in [1.807, 2.05) is 61.2 Å². The van der Waals surface area contributed by atoms with Gasteiger partial charge in [0.15, 0.2) is 22.4 Å². The summed E-state index contributed by atoms with van der Waals surface area (Å²) in [5, 5.41) is 4.59. The third-order valence-electron chi connectivity index (χ3n) is 5.12. The summed E-state index contributed by atoms with van der Waals surface area (Å²) in [6.07, 6.45) is 0. The van der Waals surface area contributed by atoms with Crippen LogP contribution in [0.3, 0.4) is 0 Å². The number of carbonyl (C=O) groups excluding carboxylic acids is 1. The predicted octanol–water partition coefficient (Wildman–Crippen LogP) is 5.04. The summed E-state index contributed by atoms with van der Waals surface area (Å²) < 4.78 is 11.5. The molecule has 0 fully saturated rings. The molecule has 5 nitrogen and oxygen atoms in total. The number of carbonyl (C=O) groups is 1. The summed E-state index contributed by atoms with van der Waals surface area (Å²) in [4.78, 5) is 14.4. The number of Topliss-reactive ketones (excluding diaryl/α,β-unsaturated/α-hetero) is 1. The first-order valence-corrected chi connectivity index (χ1v) is 10.5. The Morgan fingerprint density at radius 3 is 2.50 bits per heavy atom. The Balaban J connectivity index is 1.94. The zero-order valence-corrected chi connectivity index (χ0v) is 19.1. The summed E-state index contributed by atoms with van der Waals surface area (Å²) >= 11 is 11.5. The average molecular weight is 445 g/mol. The van der Waals surface area contributed by atoms with Crippen molar-refractivity contribution in [2.75, 3.05) is 13.7 Å². The van der Waals surface area contributed by atoms with Crippen LogP contribution in [0.4, 0.5) is 0 Å². The maximum absolute atomic E-state index is 12.5. The molecule has 7 heteroatoms. The van der Waals surface area contributed by atoms with Crippen molar-refractivity contribution in [3.05, 3.63) is 69.9 Å². The van der Waals surface area contributed by atoms with Crippen molar-refractivity contribution in [2.45, 2.75) is 33.4 Å². The van der Waals surface area contributed by atoms with Gasteiger partial charge in [-0.05, 0) is 68.4 Å². The smallest absolute Gasteiger partial charge is 0.173 e. The second-order valence-corrected chi connectivity index (χ2v) is 7.83. The van der Waals surface area contributed by atoms with E-state index in [1.54, 1.807) is 14.0 Å². The number of rotatable bonds is 7. The fourth-order valence-corrected chi connectivity index (χ4v) is 4.11. The first-order valence-electron chi connectivity index (χ1n) is 9.70. The minimum Gasteiger partial charge on any atom is -0.493 e. The standard InChI is InChI=1S/C23H25ClN2O3S/c1-5-26-14(2)21(15(3)27)22(25-23(26)30)17-8-11-19(28-4)20(12-17)29-13-16-6-9-18(24)10-7-16/h6-12,22H,5,13H2,1-4H3,(H,25,30). The molecular weight excluding hydrogens is 420 g/mol. The summed E-state index contributed by atoms with van der Waals surface area (Å²) in [5.74, 6) is 1.22. The molecule has 1 aliphatic heterocycles. The van der Waals surface area contributed by atoms with Crippen molar-refractivity contribution in [1.29, 1.82) is 0 Å². The van der Waals surface area contributed by atoms with Gasteiger partial charge >= 0.3 is 0 Å². The number of benzene rings is 2. The number of ether oxygens (including phenoxy) is 2. The highest BCUT2D eigenvalue weighted by Crippen LogP contribution is 2.36. The van der Waals surface area contributed by atoms with Crippen LogP contribution in [0.5, 0.6) is 11.5 Å². The van der Waals surface area contributed by atoms with Crippen LogP contribution >= 0.6 is 23.8 Å². The normalized spacial score (nSPS) is 16.4. The molecule has 1 heterocycles. The first-order chi connectivity index (χ1) is 14.3. The maximum atomic E-state index is 12.5. The lowest BCUT2D eigenvalue weighted by atomic mass is 9.92. The molecule has 0 amide bonds. The van der Waals surface area contributed by atoms with E-state index in [2.05, 4.69) is 5.32 Å². The van der Waals surface area contributed by atoms with Gasteiger partial charge in [-0.25, -0.2) is 0 Å². The Kier molecular flexibility index (Phi) is 7.00. The molecule has 0 radical (unpaired) electrons. The van der Waals surface area contributed by atoms with E-state index in [9.17, 15) is 4.79 Å². The number of hydrogen-bond donors (Lipinski definition) is 1. The van der Waals surface area contributed by atoms with E-state index in [0.29, 0.717) is 40.4 Å². The molecule has 1 aliphatic rings. The lowest BCUT2D eigenvalue weighted by molar-refractivity contribution is -0.114. The largest absolute Gasteiger partial charge is 0.493 e. The molecule has 0 saturated heterocycles. The second kappa shape index (κ2) is 9.49. The molecule has 1 N–H and O–H groups in total. The van der Waals surface area contributed by atoms with Gasteiger partial charge < -0.3 is 19.7 Å². The molecule has 1 atom stereocenters. The van der Waals surface area contributed by atoms with Gasteiger partial charge in [0.1, 0.15) is 6.61 Å². The van der Waals surface area contributed by atoms with E-state index in [-0.39, 0.29) is 11.8 Å². The number of nitrogens with zero attached hydrogens (tertiary/aromatic N) is 1. The van der Waals surface area contributed by atoms with Gasteiger partial charge in [0, 0.05) is 22.8 Å². The van der Waals surface area contributed by atoms with Gasteiger partial charge in [-0.15, -0.1) is 0 Å². The minimum atomic E-state index is -0.346. The van der Waals surface area contributed by atoms with Crippen molar-refractivity contribution >= 4 is 34.7 Å². The number of halogens is 1. The quantitative estimate of drug-likeness (QED) is 0.603. The number of methoxy groups -OCH3 is 1. The summed E-state index contributed by atoms with van der Waals surface area (Å²) in [6, 6.07) is 12.8. The average Bonchev–Trinajstić information content (AvgIpc) is 2.72. The van der Waals surface area contributed by atoms with Gasteiger partial charge in [-0.1, -0.05) is 29.8 Å². The topological polar surface area (TPSA) is 50.8 Å². The number of nitrogens with one attached hydrogen (secondary N) is 1. The van der Waals surface area contributed by atoms with E-state index < -0.39 is 0 Å². The van der Waals surface area contributed by atoms with Crippen LogP contribution in [-0.2, 0) is 11.4 Å². The monoisotopic (exact) mass is 444 g/mol. The summed E-state index contributed by atoms with van der Waals surface area (Å²) in [7, 11) is 1.60. The van der Waals surface area contributed by atoms with Crippen LogP contribution in [0, 0.1) is 0 Å². The minimum absolute atomic E-state index is 0.00500. The Bertz CT molecular complexity index is 988. The van der Waals surface area contributed by atoms with Gasteiger partial charge in [0.2, 0.25) is 0 Å². The molecule has 0 spiro atoms. The molecule has 0 bridgehead atoms. The number of thiocarbonyl (C=S) groups is 1. The Morgan fingerprint density at radius 2 is 1.90 bits per heavy atom. The Labute approximate surface area is 187 Å². The highest BCUT2D eigenvalue weighted by Gasteiger charge is 2.32. The number of allylic oxidation sites excluding steroid dienone is 1. The Morgan fingerprint density at radius 1 is 1.20 bits per heavy atom. The first kappa shape index (κ1) is 22.1. The Hall–Kier alpha value is -2.57. The molecule has 30 heavy (non-hydrogen) atoms. The van der Waals surface area contributed by atoms with Crippen LogP contribution in [0.1, 0.15) is 37.9 Å². The summed E-state index contributed by atoms with van der Waals surface area (Å²) in [6.45, 7) is 6.58. The molecule has 0 aromatic heterocycles. The predicted molar refractivity (Wildman–Crippen MR) is 123 cm³/mol. The third kappa shape index (κ3) is 4.60. The van der Waals surface area contributed by atoms with Crippen LogP contribution in [0.25, 0.3) is 0 Å². The van der Waals surface area contributed by atoms with Crippen LogP contribution in [0.15, 0.2) is 53.7 Å². The van der Waals surface area contributed by atoms with Crippen molar-refractivity contribution in [3.8, 4) is 11.5 Å². The number of ketones is 1. The van der Waals surface area contributed by atoms with Gasteiger partial charge in [0.05, 0.1) is 13.2 Å². The highest BCUT2D eigenvalue weighted by molar-refractivity contribution is 7.80. The molecule has 2 aromatic carbocycles.